The van der Waals surface area contributed by atoms with Crippen molar-refractivity contribution in [3.8, 4) is 17.2 Å². The lowest BCUT2D eigenvalue weighted by molar-refractivity contribution is -0.116. The summed E-state index contributed by atoms with van der Waals surface area (Å²) in [5, 5.41) is 6.48. The van der Waals surface area contributed by atoms with Crippen molar-refractivity contribution in [2.75, 3.05) is 32.0 Å². The predicted molar refractivity (Wildman–Crippen MR) is 99.3 cm³/mol. The lowest BCUT2D eigenvalue weighted by atomic mass is 10.2. The van der Waals surface area contributed by atoms with E-state index in [4.69, 9.17) is 25.8 Å². The molecule has 2 N–H and O–H groups in total. The van der Waals surface area contributed by atoms with Gasteiger partial charge in [-0.05, 0) is 25.1 Å². The third-order valence-corrected chi connectivity index (χ3v) is 3.77. The number of halogens is 1. The summed E-state index contributed by atoms with van der Waals surface area (Å²) in [6.45, 7) is 1.75. The average molecular weight is 365 g/mol. The van der Waals surface area contributed by atoms with Gasteiger partial charge in [-0.15, -0.1) is 0 Å². The number of carbonyl (C=O) groups is 1. The first-order chi connectivity index (χ1) is 12.0. The van der Waals surface area contributed by atoms with Crippen molar-refractivity contribution in [2.45, 2.75) is 13.0 Å². The molecule has 2 aromatic rings. The molecule has 0 spiro atoms. The molecule has 134 valence electrons. The number of nitrogens with one attached hydrogen (secondary N) is 2. The molecule has 2 aromatic carbocycles. The van der Waals surface area contributed by atoms with Gasteiger partial charge in [-0.25, -0.2) is 0 Å². The van der Waals surface area contributed by atoms with E-state index in [1.54, 1.807) is 43.3 Å². The number of anilines is 2. The van der Waals surface area contributed by atoms with Crippen LogP contribution in [0.5, 0.6) is 17.2 Å². The topological polar surface area (TPSA) is 68.8 Å². The Labute approximate surface area is 152 Å². The summed E-state index contributed by atoms with van der Waals surface area (Å²) in [5.41, 5.74) is 1.30. The molecule has 0 aromatic heterocycles. The van der Waals surface area contributed by atoms with Crippen LogP contribution in [0.4, 0.5) is 11.4 Å². The van der Waals surface area contributed by atoms with E-state index in [2.05, 4.69) is 10.6 Å². The third-order valence-electron chi connectivity index (χ3n) is 3.53. The fraction of sp³-hybridized carbons (Fsp3) is 0.278. The maximum absolute atomic E-state index is 12.4. The average Bonchev–Trinajstić information content (AvgIpc) is 2.60. The smallest absolute Gasteiger partial charge is 0.246 e. The van der Waals surface area contributed by atoms with Crippen LogP contribution in [0, 0.1) is 0 Å². The number of carbonyl (C=O) groups excluding carboxylic acids is 1. The summed E-state index contributed by atoms with van der Waals surface area (Å²) >= 11 is 5.93. The van der Waals surface area contributed by atoms with Gasteiger partial charge in [-0.1, -0.05) is 17.7 Å². The molecule has 0 aliphatic rings. The molecule has 0 fully saturated rings. The molecule has 0 bridgehead atoms. The predicted octanol–water partition coefficient (Wildman–Crippen LogP) is 3.80. The van der Waals surface area contributed by atoms with Crippen LogP contribution in [0.1, 0.15) is 6.92 Å². The molecule has 25 heavy (non-hydrogen) atoms. The minimum absolute atomic E-state index is 0.198. The first kappa shape index (κ1) is 18.7. The van der Waals surface area contributed by atoms with Crippen molar-refractivity contribution in [2.24, 2.45) is 0 Å². The van der Waals surface area contributed by atoms with Crippen molar-refractivity contribution in [3.05, 3.63) is 41.4 Å². The van der Waals surface area contributed by atoms with Gasteiger partial charge in [0.1, 0.15) is 6.04 Å². The molecule has 6 nitrogen and oxygen atoms in total. The Bertz CT molecular complexity index is 727. The highest BCUT2D eigenvalue weighted by Gasteiger charge is 2.17. The van der Waals surface area contributed by atoms with Crippen molar-refractivity contribution in [1.29, 1.82) is 0 Å². The largest absolute Gasteiger partial charge is 0.493 e. The summed E-state index contributed by atoms with van der Waals surface area (Å²) < 4.78 is 15.9. The number of hydrogen-bond acceptors (Lipinski definition) is 5. The van der Waals surface area contributed by atoms with Crippen LogP contribution in [0.25, 0.3) is 0 Å². The second-order valence-electron chi connectivity index (χ2n) is 5.28. The Kier molecular flexibility index (Phi) is 6.36. The Morgan fingerprint density at radius 3 is 2.16 bits per heavy atom. The van der Waals surface area contributed by atoms with Gasteiger partial charge < -0.3 is 24.8 Å². The van der Waals surface area contributed by atoms with Crippen LogP contribution in [-0.4, -0.2) is 33.3 Å². The van der Waals surface area contributed by atoms with E-state index in [0.29, 0.717) is 33.6 Å². The Balaban J connectivity index is 2.13. The van der Waals surface area contributed by atoms with E-state index in [1.165, 1.54) is 21.3 Å². The van der Waals surface area contributed by atoms with Gasteiger partial charge >= 0.3 is 0 Å². The summed E-state index contributed by atoms with van der Waals surface area (Å²) in [6.07, 6.45) is 0. The zero-order valence-corrected chi connectivity index (χ0v) is 15.3. The van der Waals surface area contributed by atoms with E-state index >= 15 is 0 Å². The van der Waals surface area contributed by atoms with Gasteiger partial charge in [0.25, 0.3) is 0 Å². The minimum atomic E-state index is -0.498. The Morgan fingerprint density at radius 2 is 1.64 bits per heavy atom. The highest BCUT2D eigenvalue weighted by molar-refractivity contribution is 6.30. The maximum atomic E-state index is 12.4. The van der Waals surface area contributed by atoms with Crippen LogP contribution >= 0.6 is 11.6 Å². The zero-order valence-electron chi connectivity index (χ0n) is 14.6. The van der Waals surface area contributed by atoms with Gasteiger partial charge in [-0.3, -0.25) is 4.79 Å². The van der Waals surface area contributed by atoms with Crippen LogP contribution in [-0.2, 0) is 4.79 Å². The van der Waals surface area contributed by atoms with Crippen molar-refractivity contribution >= 4 is 28.9 Å². The van der Waals surface area contributed by atoms with Crippen molar-refractivity contribution in [3.63, 3.8) is 0 Å². The number of amides is 1. The first-order valence-electron chi connectivity index (χ1n) is 7.61. The summed E-state index contributed by atoms with van der Waals surface area (Å²) in [5.74, 6) is 1.31. The third kappa shape index (κ3) is 4.70. The number of rotatable bonds is 7. The van der Waals surface area contributed by atoms with Crippen molar-refractivity contribution < 1.29 is 19.0 Å². The van der Waals surface area contributed by atoms with Crippen LogP contribution in [0.15, 0.2) is 36.4 Å². The highest BCUT2D eigenvalue weighted by atomic mass is 35.5. The summed E-state index contributed by atoms with van der Waals surface area (Å²) in [7, 11) is 4.61. The van der Waals surface area contributed by atoms with Gasteiger partial charge in [0.15, 0.2) is 11.5 Å². The lowest BCUT2D eigenvalue weighted by Gasteiger charge is -2.18. The highest BCUT2D eigenvalue weighted by Crippen LogP contribution is 2.40. The lowest BCUT2D eigenvalue weighted by Crippen LogP contribution is -2.31. The molecule has 1 unspecified atom stereocenters. The van der Waals surface area contributed by atoms with Gasteiger partial charge in [0.05, 0.1) is 21.3 Å². The minimum Gasteiger partial charge on any atom is -0.493 e. The number of benzene rings is 2. The Morgan fingerprint density at radius 1 is 1.00 bits per heavy atom. The maximum Gasteiger partial charge on any atom is 0.246 e. The van der Waals surface area contributed by atoms with E-state index < -0.39 is 6.04 Å². The van der Waals surface area contributed by atoms with E-state index in [0.717, 1.165) is 0 Å². The zero-order chi connectivity index (χ0) is 18.4. The second-order valence-corrected chi connectivity index (χ2v) is 5.72. The molecule has 0 saturated carbocycles. The second kappa shape index (κ2) is 8.48. The summed E-state index contributed by atoms with van der Waals surface area (Å²) in [4.78, 5) is 12.4. The van der Waals surface area contributed by atoms with Gasteiger partial charge in [0, 0.05) is 28.5 Å². The van der Waals surface area contributed by atoms with Gasteiger partial charge in [0.2, 0.25) is 11.7 Å². The van der Waals surface area contributed by atoms with E-state index in [9.17, 15) is 4.79 Å². The number of hydrogen-bond donors (Lipinski definition) is 2. The molecule has 0 aliphatic heterocycles. The van der Waals surface area contributed by atoms with Crippen LogP contribution in [0.2, 0.25) is 5.02 Å². The van der Waals surface area contributed by atoms with E-state index in [1.807, 2.05) is 0 Å². The SMILES string of the molecule is COc1cc(NC(C)C(=O)Nc2cccc(Cl)c2)cc(OC)c1OC. The van der Waals surface area contributed by atoms with Crippen LogP contribution < -0.4 is 24.8 Å². The normalized spacial score (nSPS) is 11.4. The molecule has 0 aliphatic carbocycles. The van der Waals surface area contributed by atoms with Gasteiger partial charge in [-0.2, -0.15) is 0 Å². The molecule has 0 heterocycles. The fourth-order valence-corrected chi connectivity index (χ4v) is 2.49. The molecule has 1 atom stereocenters. The van der Waals surface area contributed by atoms with Crippen molar-refractivity contribution in [1.82, 2.24) is 0 Å². The fourth-order valence-electron chi connectivity index (χ4n) is 2.30. The quantitative estimate of drug-likeness (QED) is 0.782. The molecule has 7 heteroatoms. The first-order valence-corrected chi connectivity index (χ1v) is 7.99. The molecule has 0 saturated heterocycles. The number of methoxy groups -OCH3 is 3. The molecule has 0 radical (unpaired) electrons. The standard InChI is InChI=1S/C18H21ClN2O4/c1-11(18(22)21-13-7-5-6-12(19)8-13)20-14-9-15(23-2)17(25-4)16(10-14)24-3/h5-11,20H,1-4H3,(H,21,22). The number of ether oxygens (including phenoxy) is 3. The summed E-state index contributed by atoms with van der Waals surface area (Å²) in [6, 6.07) is 9.96. The monoisotopic (exact) mass is 364 g/mol. The molecule has 2 rings (SSSR count). The van der Waals surface area contributed by atoms with Crippen LogP contribution in [0.3, 0.4) is 0 Å². The molecular formula is C18H21ClN2O4. The molecular weight excluding hydrogens is 344 g/mol. The Hall–Kier alpha value is -2.60. The molecule has 1 amide bonds. The van der Waals surface area contributed by atoms with E-state index in [-0.39, 0.29) is 5.91 Å².